The highest BCUT2D eigenvalue weighted by Gasteiger charge is 2.28. The molecule has 1 unspecified atom stereocenters. The van der Waals surface area contributed by atoms with Gasteiger partial charge < -0.3 is 10.3 Å². The van der Waals surface area contributed by atoms with Crippen molar-refractivity contribution in [3.05, 3.63) is 18.2 Å². The lowest BCUT2D eigenvalue weighted by atomic mass is 9.75. The third-order valence-corrected chi connectivity index (χ3v) is 4.42. The van der Waals surface area contributed by atoms with Crippen molar-refractivity contribution < 1.29 is 0 Å². The molecule has 0 bridgehead atoms. The normalized spacial score (nSPS) is 21.2. The Morgan fingerprint density at radius 3 is 2.61 bits per heavy atom. The van der Waals surface area contributed by atoms with E-state index in [1.807, 2.05) is 12.5 Å². The third kappa shape index (κ3) is 2.94. The Morgan fingerprint density at radius 2 is 2.00 bits per heavy atom. The average Bonchev–Trinajstić information content (AvgIpc) is 2.76. The number of hydrogen-bond acceptors (Lipinski definition) is 2. The summed E-state index contributed by atoms with van der Waals surface area (Å²) in [6.07, 6.45) is 10.7. The third-order valence-electron chi connectivity index (χ3n) is 4.42. The van der Waals surface area contributed by atoms with Crippen molar-refractivity contribution in [2.75, 3.05) is 0 Å². The van der Waals surface area contributed by atoms with Gasteiger partial charge in [0.1, 0.15) is 0 Å². The van der Waals surface area contributed by atoms with Crippen LogP contribution in [0.1, 0.15) is 64.6 Å². The molecule has 1 aliphatic rings. The smallest absolute Gasteiger partial charge is 0.0948 e. The van der Waals surface area contributed by atoms with E-state index in [4.69, 9.17) is 5.73 Å². The summed E-state index contributed by atoms with van der Waals surface area (Å²) in [7, 11) is 0. The van der Waals surface area contributed by atoms with Gasteiger partial charge in [-0.3, -0.25) is 0 Å². The number of nitrogens with zero attached hydrogens (tertiary/aromatic N) is 2. The highest BCUT2D eigenvalue weighted by Crippen LogP contribution is 2.37. The Morgan fingerprint density at radius 1 is 1.33 bits per heavy atom. The molecule has 0 spiro atoms. The van der Waals surface area contributed by atoms with E-state index in [1.165, 1.54) is 37.8 Å². The molecule has 0 aliphatic heterocycles. The second-order valence-electron chi connectivity index (χ2n) is 6.59. The van der Waals surface area contributed by atoms with E-state index in [0.29, 0.717) is 11.3 Å². The summed E-state index contributed by atoms with van der Waals surface area (Å²) >= 11 is 0. The first kappa shape index (κ1) is 13.6. The molecule has 18 heavy (non-hydrogen) atoms. The van der Waals surface area contributed by atoms with Crippen molar-refractivity contribution in [3.8, 4) is 0 Å². The van der Waals surface area contributed by atoms with Crippen LogP contribution in [0.2, 0.25) is 0 Å². The van der Waals surface area contributed by atoms with Gasteiger partial charge in [-0.05, 0) is 24.2 Å². The summed E-state index contributed by atoms with van der Waals surface area (Å²) in [5.74, 6) is 0.458. The Labute approximate surface area is 111 Å². The lowest BCUT2D eigenvalue weighted by Crippen LogP contribution is -2.29. The number of rotatable bonds is 4. The molecule has 102 valence electrons. The molecule has 1 heterocycles. The zero-order chi connectivity index (χ0) is 13.2. The molecule has 2 N–H and O–H groups in total. The molecule has 1 atom stereocenters. The maximum atomic E-state index is 6.27. The Kier molecular flexibility index (Phi) is 4.10. The van der Waals surface area contributed by atoms with Gasteiger partial charge in [-0.2, -0.15) is 0 Å². The van der Waals surface area contributed by atoms with E-state index in [9.17, 15) is 0 Å². The second kappa shape index (κ2) is 5.43. The van der Waals surface area contributed by atoms with Crippen LogP contribution in [0.15, 0.2) is 12.5 Å². The Hall–Kier alpha value is -0.830. The number of nitrogens with two attached hydrogens (primary N) is 1. The molecular formula is C15H27N3. The van der Waals surface area contributed by atoms with Gasteiger partial charge in [-0.15, -0.1) is 0 Å². The Balaban J connectivity index is 2.12. The topological polar surface area (TPSA) is 43.8 Å². The van der Waals surface area contributed by atoms with Crippen LogP contribution in [-0.4, -0.2) is 9.55 Å². The van der Waals surface area contributed by atoms with Crippen molar-refractivity contribution in [2.45, 2.75) is 65.5 Å². The standard InChI is InChI=1S/C15H27N3/c1-12(2)14(16)13-9-17-11-18(13)10-15(3)7-5-4-6-8-15/h9,11-12,14H,4-8,10,16H2,1-3H3. The van der Waals surface area contributed by atoms with Gasteiger partial charge in [0.05, 0.1) is 12.0 Å². The van der Waals surface area contributed by atoms with E-state index in [-0.39, 0.29) is 6.04 Å². The first-order valence-corrected chi connectivity index (χ1v) is 7.27. The first-order chi connectivity index (χ1) is 8.52. The molecule has 1 aromatic heterocycles. The number of imidazole rings is 1. The maximum absolute atomic E-state index is 6.27. The fraction of sp³-hybridized carbons (Fsp3) is 0.800. The predicted molar refractivity (Wildman–Crippen MR) is 75.2 cm³/mol. The quantitative estimate of drug-likeness (QED) is 0.887. The fourth-order valence-electron chi connectivity index (χ4n) is 3.06. The minimum absolute atomic E-state index is 0.0969. The van der Waals surface area contributed by atoms with Crippen molar-refractivity contribution in [1.29, 1.82) is 0 Å². The van der Waals surface area contributed by atoms with Gasteiger partial charge in [-0.1, -0.05) is 40.0 Å². The molecule has 3 nitrogen and oxygen atoms in total. The molecule has 2 rings (SSSR count). The molecule has 0 amide bonds. The summed E-state index contributed by atoms with van der Waals surface area (Å²) in [4.78, 5) is 4.31. The first-order valence-electron chi connectivity index (χ1n) is 7.27. The lowest BCUT2D eigenvalue weighted by molar-refractivity contribution is 0.180. The van der Waals surface area contributed by atoms with Crippen molar-refractivity contribution >= 4 is 0 Å². The minimum atomic E-state index is 0.0969. The molecule has 1 aliphatic carbocycles. The molecule has 0 aromatic carbocycles. The SMILES string of the molecule is CC(C)C(N)c1cncn1CC1(C)CCCCC1. The van der Waals surface area contributed by atoms with Crippen LogP contribution >= 0.6 is 0 Å². The molecule has 1 aromatic rings. The largest absolute Gasteiger partial charge is 0.333 e. The monoisotopic (exact) mass is 249 g/mol. The van der Waals surface area contributed by atoms with Gasteiger partial charge in [0, 0.05) is 18.8 Å². The number of aromatic nitrogens is 2. The fourth-order valence-corrected chi connectivity index (χ4v) is 3.06. The van der Waals surface area contributed by atoms with E-state index in [1.54, 1.807) is 0 Å². The highest BCUT2D eigenvalue weighted by molar-refractivity contribution is 5.06. The summed E-state index contributed by atoms with van der Waals surface area (Å²) < 4.78 is 2.29. The van der Waals surface area contributed by atoms with E-state index >= 15 is 0 Å². The summed E-state index contributed by atoms with van der Waals surface area (Å²) in [5, 5.41) is 0. The van der Waals surface area contributed by atoms with Gasteiger partial charge in [0.2, 0.25) is 0 Å². The molecular weight excluding hydrogens is 222 g/mol. The molecule has 0 radical (unpaired) electrons. The molecule has 0 saturated heterocycles. The predicted octanol–water partition coefficient (Wildman–Crippen LogP) is 3.51. The zero-order valence-corrected chi connectivity index (χ0v) is 12.0. The van der Waals surface area contributed by atoms with Crippen LogP contribution in [0.5, 0.6) is 0 Å². The summed E-state index contributed by atoms with van der Waals surface area (Å²) in [5.41, 5.74) is 7.90. The van der Waals surface area contributed by atoms with E-state index in [0.717, 1.165) is 6.54 Å². The van der Waals surface area contributed by atoms with Crippen LogP contribution in [0.25, 0.3) is 0 Å². The van der Waals surface area contributed by atoms with Crippen LogP contribution in [0, 0.1) is 11.3 Å². The summed E-state index contributed by atoms with van der Waals surface area (Å²) in [6.45, 7) is 7.83. The van der Waals surface area contributed by atoms with Gasteiger partial charge in [-0.25, -0.2) is 4.98 Å². The summed E-state index contributed by atoms with van der Waals surface area (Å²) in [6, 6.07) is 0.0969. The molecule has 3 heteroatoms. The van der Waals surface area contributed by atoms with Crippen molar-refractivity contribution in [2.24, 2.45) is 17.1 Å². The highest BCUT2D eigenvalue weighted by atomic mass is 15.1. The van der Waals surface area contributed by atoms with E-state index in [2.05, 4.69) is 30.3 Å². The lowest BCUT2D eigenvalue weighted by Gasteiger charge is -2.35. The Bertz CT molecular complexity index is 375. The zero-order valence-electron chi connectivity index (χ0n) is 12.0. The maximum Gasteiger partial charge on any atom is 0.0948 e. The van der Waals surface area contributed by atoms with E-state index < -0.39 is 0 Å². The van der Waals surface area contributed by atoms with Crippen molar-refractivity contribution in [1.82, 2.24) is 9.55 Å². The second-order valence-corrected chi connectivity index (χ2v) is 6.59. The molecule has 1 saturated carbocycles. The van der Waals surface area contributed by atoms with Crippen LogP contribution in [-0.2, 0) is 6.54 Å². The number of hydrogen-bond donors (Lipinski definition) is 1. The van der Waals surface area contributed by atoms with Gasteiger partial charge in [0.25, 0.3) is 0 Å². The average molecular weight is 249 g/mol. The molecule has 1 fully saturated rings. The van der Waals surface area contributed by atoms with Gasteiger partial charge >= 0.3 is 0 Å². The van der Waals surface area contributed by atoms with Crippen LogP contribution in [0.3, 0.4) is 0 Å². The van der Waals surface area contributed by atoms with Crippen LogP contribution < -0.4 is 5.73 Å². The minimum Gasteiger partial charge on any atom is -0.333 e. The van der Waals surface area contributed by atoms with Gasteiger partial charge in [0.15, 0.2) is 0 Å². The van der Waals surface area contributed by atoms with Crippen molar-refractivity contribution in [3.63, 3.8) is 0 Å². The van der Waals surface area contributed by atoms with Crippen LogP contribution in [0.4, 0.5) is 0 Å².